The predicted molar refractivity (Wildman–Crippen MR) is 84.1 cm³/mol. The highest BCUT2D eigenvalue weighted by Gasteiger charge is 2.27. The highest BCUT2D eigenvalue weighted by Crippen LogP contribution is 2.20. The first kappa shape index (κ1) is 16.7. The molecule has 1 atom stereocenters. The van der Waals surface area contributed by atoms with Crippen molar-refractivity contribution in [3.63, 3.8) is 0 Å². The lowest BCUT2D eigenvalue weighted by Gasteiger charge is -2.15. The Morgan fingerprint density at radius 3 is 2.70 bits per heavy atom. The molecule has 3 N–H and O–H groups in total. The SMILES string of the molecule is CCCc1cc(C(=O)NC(C(=O)O)c2c(C)n[nH]c2C)ccn1. The van der Waals surface area contributed by atoms with Crippen LogP contribution in [0.2, 0.25) is 0 Å². The zero-order chi connectivity index (χ0) is 17.0. The average molecular weight is 316 g/mol. The molecule has 1 unspecified atom stereocenters. The molecule has 0 aliphatic rings. The second-order valence-corrected chi connectivity index (χ2v) is 5.38. The largest absolute Gasteiger partial charge is 0.479 e. The van der Waals surface area contributed by atoms with Gasteiger partial charge in [-0.2, -0.15) is 5.10 Å². The maximum Gasteiger partial charge on any atom is 0.331 e. The van der Waals surface area contributed by atoms with Gasteiger partial charge in [-0.1, -0.05) is 13.3 Å². The number of nitrogens with one attached hydrogen (secondary N) is 2. The molecule has 122 valence electrons. The molecule has 0 saturated heterocycles. The van der Waals surface area contributed by atoms with Crippen molar-refractivity contribution in [2.24, 2.45) is 0 Å². The molecule has 0 aromatic carbocycles. The van der Waals surface area contributed by atoms with Gasteiger partial charge in [-0.05, 0) is 32.4 Å². The molecule has 7 heteroatoms. The number of amides is 1. The van der Waals surface area contributed by atoms with Crippen LogP contribution in [0.25, 0.3) is 0 Å². The maximum atomic E-state index is 12.4. The summed E-state index contributed by atoms with van der Waals surface area (Å²) in [6.45, 7) is 5.45. The Labute approximate surface area is 134 Å². The van der Waals surface area contributed by atoms with Crippen molar-refractivity contribution < 1.29 is 14.7 Å². The molecule has 2 rings (SSSR count). The molecule has 0 aliphatic heterocycles. The normalized spacial score (nSPS) is 12.0. The summed E-state index contributed by atoms with van der Waals surface area (Å²) in [5.41, 5.74) is 2.86. The highest BCUT2D eigenvalue weighted by atomic mass is 16.4. The first-order chi connectivity index (χ1) is 10.9. The van der Waals surface area contributed by atoms with Gasteiger partial charge in [0.05, 0.1) is 5.69 Å². The number of hydrogen-bond donors (Lipinski definition) is 3. The van der Waals surface area contributed by atoms with Gasteiger partial charge < -0.3 is 10.4 Å². The number of carboxylic acid groups (broad SMARTS) is 1. The van der Waals surface area contributed by atoms with Crippen LogP contribution in [0, 0.1) is 13.8 Å². The van der Waals surface area contributed by atoms with Crippen molar-refractivity contribution in [2.45, 2.75) is 39.7 Å². The maximum absolute atomic E-state index is 12.4. The average Bonchev–Trinajstić information content (AvgIpc) is 2.84. The van der Waals surface area contributed by atoms with E-state index in [4.69, 9.17) is 0 Å². The van der Waals surface area contributed by atoms with Gasteiger partial charge in [0, 0.05) is 28.7 Å². The molecule has 2 aromatic heterocycles. The first-order valence-corrected chi connectivity index (χ1v) is 7.44. The Morgan fingerprint density at radius 2 is 2.13 bits per heavy atom. The molecule has 0 spiro atoms. The molecule has 2 heterocycles. The number of carbonyl (C=O) groups excluding carboxylic acids is 1. The Kier molecular flexibility index (Phi) is 5.10. The molecule has 0 fully saturated rings. The summed E-state index contributed by atoms with van der Waals surface area (Å²) in [5, 5.41) is 18.7. The molecule has 7 nitrogen and oxygen atoms in total. The van der Waals surface area contributed by atoms with Crippen molar-refractivity contribution in [3.8, 4) is 0 Å². The van der Waals surface area contributed by atoms with Crippen LogP contribution in [0.5, 0.6) is 0 Å². The number of rotatable bonds is 6. The van der Waals surface area contributed by atoms with Crippen LogP contribution in [0.15, 0.2) is 18.3 Å². The number of H-pyrrole nitrogens is 1. The van der Waals surface area contributed by atoms with Gasteiger partial charge in [0.25, 0.3) is 5.91 Å². The van der Waals surface area contributed by atoms with Crippen molar-refractivity contribution in [2.75, 3.05) is 0 Å². The summed E-state index contributed by atoms with van der Waals surface area (Å²) in [6.07, 6.45) is 3.25. The minimum Gasteiger partial charge on any atom is -0.479 e. The molecular weight excluding hydrogens is 296 g/mol. The first-order valence-electron chi connectivity index (χ1n) is 7.44. The van der Waals surface area contributed by atoms with Crippen LogP contribution in [0.1, 0.15) is 52.4 Å². The van der Waals surface area contributed by atoms with Crippen LogP contribution in [-0.4, -0.2) is 32.2 Å². The van der Waals surface area contributed by atoms with E-state index >= 15 is 0 Å². The fraction of sp³-hybridized carbons (Fsp3) is 0.375. The molecule has 0 bridgehead atoms. The monoisotopic (exact) mass is 316 g/mol. The van der Waals surface area contributed by atoms with E-state index in [2.05, 4.69) is 20.5 Å². The summed E-state index contributed by atoms with van der Waals surface area (Å²) in [5.74, 6) is -1.58. The number of aromatic amines is 1. The van der Waals surface area contributed by atoms with Crippen LogP contribution in [0.4, 0.5) is 0 Å². The van der Waals surface area contributed by atoms with E-state index in [-0.39, 0.29) is 0 Å². The Morgan fingerprint density at radius 1 is 1.39 bits per heavy atom. The smallest absolute Gasteiger partial charge is 0.331 e. The topological polar surface area (TPSA) is 108 Å². The molecular formula is C16H20N4O3. The van der Waals surface area contributed by atoms with E-state index in [1.165, 1.54) is 0 Å². The third-order valence-corrected chi connectivity index (χ3v) is 3.58. The van der Waals surface area contributed by atoms with Gasteiger partial charge in [-0.25, -0.2) is 4.79 Å². The summed E-state index contributed by atoms with van der Waals surface area (Å²) in [6, 6.07) is 2.11. The van der Waals surface area contributed by atoms with Gasteiger partial charge in [-0.15, -0.1) is 0 Å². The minimum absolute atomic E-state index is 0.397. The lowest BCUT2D eigenvalue weighted by molar-refractivity contribution is -0.139. The van der Waals surface area contributed by atoms with Crippen LogP contribution in [-0.2, 0) is 11.2 Å². The lowest BCUT2D eigenvalue weighted by atomic mass is 10.0. The summed E-state index contributed by atoms with van der Waals surface area (Å²) in [4.78, 5) is 28.2. The van der Waals surface area contributed by atoms with Gasteiger partial charge >= 0.3 is 5.97 Å². The number of nitrogens with zero attached hydrogens (tertiary/aromatic N) is 2. The Hall–Kier alpha value is -2.70. The van der Waals surface area contributed by atoms with Gasteiger partial charge in [0.1, 0.15) is 0 Å². The van der Waals surface area contributed by atoms with Crippen LogP contribution in [0.3, 0.4) is 0 Å². The Bertz CT molecular complexity index is 704. The predicted octanol–water partition coefficient (Wildman–Crippen LogP) is 1.93. The molecule has 1 amide bonds. The van der Waals surface area contributed by atoms with Crippen molar-refractivity contribution >= 4 is 11.9 Å². The van der Waals surface area contributed by atoms with E-state index in [1.54, 1.807) is 32.2 Å². The summed E-state index contributed by atoms with van der Waals surface area (Å²) in [7, 11) is 0. The van der Waals surface area contributed by atoms with E-state index in [0.717, 1.165) is 18.5 Å². The number of hydrogen-bond acceptors (Lipinski definition) is 4. The third kappa shape index (κ3) is 3.74. The van der Waals surface area contributed by atoms with Crippen molar-refractivity contribution in [1.82, 2.24) is 20.5 Å². The summed E-state index contributed by atoms with van der Waals surface area (Å²) >= 11 is 0. The standard InChI is InChI=1S/C16H20N4O3/c1-4-5-12-8-11(6-7-17-12)15(21)18-14(16(22)23)13-9(2)19-20-10(13)3/h6-8,14H,4-5H2,1-3H3,(H,18,21)(H,19,20)(H,22,23). The second kappa shape index (κ2) is 7.04. The minimum atomic E-state index is -1.15. The number of carbonyl (C=O) groups is 2. The van der Waals surface area contributed by atoms with Crippen molar-refractivity contribution in [1.29, 1.82) is 0 Å². The van der Waals surface area contributed by atoms with E-state index in [0.29, 0.717) is 22.5 Å². The fourth-order valence-corrected chi connectivity index (χ4v) is 2.47. The molecule has 0 radical (unpaired) electrons. The molecule has 2 aromatic rings. The van der Waals surface area contributed by atoms with Gasteiger partial charge in [0.2, 0.25) is 0 Å². The quantitative estimate of drug-likeness (QED) is 0.754. The number of pyridine rings is 1. The summed E-state index contributed by atoms with van der Waals surface area (Å²) < 4.78 is 0. The lowest BCUT2D eigenvalue weighted by Crippen LogP contribution is -2.34. The number of aryl methyl sites for hydroxylation is 3. The van der Waals surface area contributed by atoms with E-state index in [1.807, 2.05) is 6.92 Å². The molecule has 0 saturated carbocycles. The highest BCUT2D eigenvalue weighted by molar-refractivity contribution is 5.97. The van der Waals surface area contributed by atoms with E-state index in [9.17, 15) is 14.7 Å². The number of aliphatic carboxylic acids is 1. The number of aromatic nitrogens is 3. The van der Waals surface area contributed by atoms with Crippen LogP contribution >= 0.6 is 0 Å². The second-order valence-electron chi connectivity index (χ2n) is 5.38. The fourth-order valence-electron chi connectivity index (χ4n) is 2.47. The third-order valence-electron chi connectivity index (χ3n) is 3.58. The van der Waals surface area contributed by atoms with Crippen LogP contribution < -0.4 is 5.32 Å². The molecule has 0 aliphatic carbocycles. The van der Waals surface area contributed by atoms with Gasteiger partial charge in [-0.3, -0.25) is 14.9 Å². The molecule has 23 heavy (non-hydrogen) atoms. The van der Waals surface area contributed by atoms with Gasteiger partial charge in [0.15, 0.2) is 6.04 Å². The zero-order valence-electron chi connectivity index (χ0n) is 13.4. The zero-order valence-corrected chi connectivity index (χ0v) is 13.4. The number of carboxylic acids is 1. The van der Waals surface area contributed by atoms with Crippen molar-refractivity contribution in [3.05, 3.63) is 46.5 Å². The van der Waals surface area contributed by atoms with E-state index < -0.39 is 17.9 Å². The Balaban J connectivity index is 2.25.